The van der Waals surface area contributed by atoms with Gasteiger partial charge in [0, 0.05) is 10.7 Å². The number of rotatable bonds is 3. The van der Waals surface area contributed by atoms with Gasteiger partial charge in [0.05, 0.1) is 6.67 Å². The number of halogens is 1. The molecule has 0 atom stereocenters. The zero-order valence-electron chi connectivity index (χ0n) is 8.17. The predicted octanol–water partition coefficient (Wildman–Crippen LogP) is 2.81. The van der Waals surface area contributed by atoms with Crippen LogP contribution in [0, 0.1) is 0 Å². The topological polar surface area (TPSA) is 15.3 Å². The molecule has 2 nitrogen and oxygen atoms in total. The summed E-state index contributed by atoms with van der Waals surface area (Å²) in [4.78, 5) is 2.43. The normalized spacial score (nSPS) is 17.2. The smallest absolute Gasteiger partial charge is 0.0678 e. The summed E-state index contributed by atoms with van der Waals surface area (Å²) in [6.07, 6.45) is 2.67. The molecule has 0 saturated carbocycles. The van der Waals surface area contributed by atoms with Crippen LogP contribution in [0.1, 0.15) is 12.8 Å². The Hall–Kier alpha value is -0.730. The maximum atomic E-state index is 5.80. The van der Waals surface area contributed by atoms with Crippen molar-refractivity contribution in [1.29, 1.82) is 0 Å². The van der Waals surface area contributed by atoms with Crippen LogP contribution < -0.4 is 5.32 Å². The highest BCUT2D eigenvalue weighted by Gasteiger charge is 2.09. The van der Waals surface area contributed by atoms with E-state index >= 15 is 0 Å². The van der Waals surface area contributed by atoms with Crippen LogP contribution in [-0.4, -0.2) is 24.7 Å². The molecular formula is C11H15ClN2. The zero-order chi connectivity index (χ0) is 9.80. The Morgan fingerprint density at radius 3 is 2.43 bits per heavy atom. The standard InChI is InChI=1S/C11H15ClN2/c12-10-3-5-11(6-4-10)13-9-14-7-1-2-8-14/h3-6,13H,1-2,7-9H2. The van der Waals surface area contributed by atoms with Crippen LogP contribution in [-0.2, 0) is 0 Å². The molecule has 14 heavy (non-hydrogen) atoms. The number of hydrogen-bond acceptors (Lipinski definition) is 2. The summed E-state index contributed by atoms with van der Waals surface area (Å²) >= 11 is 5.80. The molecule has 1 N–H and O–H groups in total. The summed E-state index contributed by atoms with van der Waals surface area (Å²) in [6, 6.07) is 7.85. The van der Waals surface area contributed by atoms with E-state index < -0.39 is 0 Å². The van der Waals surface area contributed by atoms with E-state index in [1.54, 1.807) is 0 Å². The van der Waals surface area contributed by atoms with E-state index in [9.17, 15) is 0 Å². The van der Waals surface area contributed by atoms with Gasteiger partial charge < -0.3 is 5.32 Å². The first-order valence-corrected chi connectivity index (χ1v) is 5.44. The Morgan fingerprint density at radius 1 is 1.14 bits per heavy atom. The molecule has 0 radical (unpaired) electrons. The minimum Gasteiger partial charge on any atom is -0.372 e. The minimum atomic E-state index is 0.789. The lowest BCUT2D eigenvalue weighted by Gasteiger charge is -2.16. The van der Waals surface area contributed by atoms with E-state index in [2.05, 4.69) is 10.2 Å². The molecule has 0 aromatic heterocycles. The molecule has 0 unspecified atom stereocenters. The molecule has 1 aliphatic rings. The summed E-state index contributed by atoms with van der Waals surface area (Å²) in [7, 11) is 0. The van der Waals surface area contributed by atoms with Crippen molar-refractivity contribution >= 4 is 17.3 Å². The van der Waals surface area contributed by atoms with Crippen molar-refractivity contribution in [3.8, 4) is 0 Å². The predicted molar refractivity (Wildman–Crippen MR) is 60.7 cm³/mol. The van der Waals surface area contributed by atoms with E-state index in [0.29, 0.717) is 0 Å². The maximum absolute atomic E-state index is 5.80. The Morgan fingerprint density at radius 2 is 1.79 bits per heavy atom. The van der Waals surface area contributed by atoms with Crippen molar-refractivity contribution < 1.29 is 0 Å². The zero-order valence-corrected chi connectivity index (χ0v) is 8.93. The van der Waals surface area contributed by atoms with Crippen molar-refractivity contribution in [2.45, 2.75) is 12.8 Å². The molecular weight excluding hydrogens is 196 g/mol. The van der Waals surface area contributed by atoms with Crippen molar-refractivity contribution in [3.05, 3.63) is 29.3 Å². The summed E-state index contributed by atoms with van der Waals surface area (Å²) in [5.41, 5.74) is 1.14. The highest BCUT2D eigenvalue weighted by molar-refractivity contribution is 6.30. The quantitative estimate of drug-likeness (QED) is 0.826. The second-order valence-electron chi connectivity index (χ2n) is 3.67. The Labute approximate surface area is 89.9 Å². The molecule has 1 heterocycles. The van der Waals surface area contributed by atoms with Gasteiger partial charge in [-0.05, 0) is 50.2 Å². The molecule has 0 aliphatic carbocycles. The molecule has 1 aromatic rings. The molecule has 76 valence electrons. The Kier molecular flexibility index (Phi) is 3.27. The number of hydrogen-bond donors (Lipinski definition) is 1. The van der Waals surface area contributed by atoms with E-state index in [0.717, 1.165) is 17.4 Å². The number of nitrogens with one attached hydrogen (secondary N) is 1. The van der Waals surface area contributed by atoms with Crippen LogP contribution in [0.4, 0.5) is 5.69 Å². The van der Waals surface area contributed by atoms with Crippen LogP contribution in [0.3, 0.4) is 0 Å². The molecule has 0 amide bonds. The largest absolute Gasteiger partial charge is 0.372 e. The summed E-state index contributed by atoms with van der Waals surface area (Å²) in [5, 5.41) is 4.17. The first kappa shape index (κ1) is 9.81. The Balaban J connectivity index is 1.82. The van der Waals surface area contributed by atoms with Crippen LogP contribution >= 0.6 is 11.6 Å². The average Bonchev–Trinajstić information content (AvgIpc) is 2.70. The molecule has 2 rings (SSSR count). The molecule has 0 spiro atoms. The minimum absolute atomic E-state index is 0.789. The van der Waals surface area contributed by atoms with E-state index in [1.807, 2.05) is 24.3 Å². The molecule has 1 aliphatic heterocycles. The van der Waals surface area contributed by atoms with Gasteiger partial charge in [-0.15, -0.1) is 0 Å². The average molecular weight is 211 g/mol. The number of likely N-dealkylation sites (tertiary alicyclic amines) is 1. The van der Waals surface area contributed by atoms with Gasteiger partial charge >= 0.3 is 0 Å². The lowest BCUT2D eigenvalue weighted by molar-refractivity contribution is 0.364. The van der Waals surface area contributed by atoms with E-state index in [1.165, 1.54) is 25.9 Å². The highest BCUT2D eigenvalue weighted by Crippen LogP contribution is 2.14. The maximum Gasteiger partial charge on any atom is 0.0678 e. The third-order valence-corrected chi connectivity index (χ3v) is 2.80. The first-order chi connectivity index (χ1) is 6.84. The molecule has 1 fully saturated rings. The fourth-order valence-corrected chi connectivity index (χ4v) is 1.84. The van der Waals surface area contributed by atoms with Gasteiger partial charge in [0.2, 0.25) is 0 Å². The lowest BCUT2D eigenvalue weighted by atomic mass is 10.3. The van der Waals surface area contributed by atoms with Gasteiger partial charge in [-0.3, -0.25) is 4.90 Å². The number of anilines is 1. The van der Waals surface area contributed by atoms with Crippen LogP contribution in [0.15, 0.2) is 24.3 Å². The van der Waals surface area contributed by atoms with Crippen LogP contribution in [0.2, 0.25) is 5.02 Å². The lowest BCUT2D eigenvalue weighted by Crippen LogP contribution is -2.25. The van der Waals surface area contributed by atoms with E-state index in [-0.39, 0.29) is 0 Å². The van der Waals surface area contributed by atoms with E-state index in [4.69, 9.17) is 11.6 Å². The molecule has 1 saturated heterocycles. The van der Waals surface area contributed by atoms with Gasteiger partial charge in [0.15, 0.2) is 0 Å². The molecule has 0 bridgehead atoms. The van der Waals surface area contributed by atoms with Crippen molar-refractivity contribution in [1.82, 2.24) is 4.90 Å². The second-order valence-corrected chi connectivity index (χ2v) is 4.10. The summed E-state index contributed by atoms with van der Waals surface area (Å²) < 4.78 is 0. The second kappa shape index (κ2) is 4.67. The summed E-state index contributed by atoms with van der Waals surface area (Å²) in [5.74, 6) is 0. The number of nitrogens with zero attached hydrogens (tertiary/aromatic N) is 1. The van der Waals surface area contributed by atoms with Crippen molar-refractivity contribution in [2.24, 2.45) is 0 Å². The highest BCUT2D eigenvalue weighted by atomic mass is 35.5. The van der Waals surface area contributed by atoms with Crippen molar-refractivity contribution in [3.63, 3.8) is 0 Å². The fraction of sp³-hybridized carbons (Fsp3) is 0.455. The molecule has 3 heteroatoms. The third-order valence-electron chi connectivity index (χ3n) is 2.55. The van der Waals surface area contributed by atoms with Gasteiger partial charge in [0.1, 0.15) is 0 Å². The van der Waals surface area contributed by atoms with Gasteiger partial charge in [0.25, 0.3) is 0 Å². The first-order valence-electron chi connectivity index (χ1n) is 5.06. The molecule has 1 aromatic carbocycles. The van der Waals surface area contributed by atoms with Gasteiger partial charge in [-0.2, -0.15) is 0 Å². The SMILES string of the molecule is Clc1ccc(NCN2CCCC2)cc1. The van der Waals surface area contributed by atoms with Crippen LogP contribution in [0.5, 0.6) is 0 Å². The monoisotopic (exact) mass is 210 g/mol. The fourth-order valence-electron chi connectivity index (χ4n) is 1.71. The third kappa shape index (κ3) is 2.63. The summed E-state index contributed by atoms with van der Waals surface area (Å²) in [6.45, 7) is 3.39. The Bertz CT molecular complexity index is 278. The number of benzene rings is 1. The van der Waals surface area contributed by atoms with Crippen molar-refractivity contribution in [2.75, 3.05) is 25.1 Å². The van der Waals surface area contributed by atoms with Gasteiger partial charge in [-0.1, -0.05) is 11.6 Å². The van der Waals surface area contributed by atoms with Crippen LogP contribution in [0.25, 0.3) is 0 Å². The van der Waals surface area contributed by atoms with Gasteiger partial charge in [-0.25, -0.2) is 0 Å².